The molecule has 1 saturated heterocycles. The van der Waals surface area contributed by atoms with E-state index in [4.69, 9.17) is 0 Å². The van der Waals surface area contributed by atoms with E-state index in [9.17, 15) is 9.18 Å². The van der Waals surface area contributed by atoms with Crippen molar-refractivity contribution < 1.29 is 9.18 Å². The Labute approximate surface area is 177 Å². The summed E-state index contributed by atoms with van der Waals surface area (Å²) in [5.74, 6) is -0.578. The van der Waals surface area contributed by atoms with Crippen LogP contribution in [0.2, 0.25) is 0 Å². The summed E-state index contributed by atoms with van der Waals surface area (Å²) in [6, 6.07) is 4.34. The van der Waals surface area contributed by atoms with Gasteiger partial charge in [0.15, 0.2) is 0 Å². The molecule has 158 valence electrons. The molecule has 0 saturated carbocycles. The van der Waals surface area contributed by atoms with Gasteiger partial charge in [-0.1, -0.05) is 13.0 Å². The molecule has 0 spiro atoms. The van der Waals surface area contributed by atoms with Crippen molar-refractivity contribution in [2.45, 2.75) is 39.5 Å². The number of amides is 1. The van der Waals surface area contributed by atoms with E-state index in [0.29, 0.717) is 16.8 Å². The fourth-order valence-corrected chi connectivity index (χ4v) is 4.27. The highest BCUT2D eigenvalue weighted by atomic mass is 19.1. The van der Waals surface area contributed by atoms with Crippen LogP contribution in [0, 0.1) is 19.7 Å². The Balaban J connectivity index is 1.50. The third-order valence-corrected chi connectivity index (χ3v) is 6.01. The second-order valence-corrected chi connectivity index (χ2v) is 8.25. The number of H-pyrrole nitrogens is 1. The van der Waals surface area contributed by atoms with Crippen LogP contribution in [0.3, 0.4) is 0 Å². The van der Waals surface area contributed by atoms with Gasteiger partial charge in [0.25, 0.3) is 5.91 Å². The summed E-state index contributed by atoms with van der Waals surface area (Å²) >= 11 is 0. The predicted molar refractivity (Wildman–Crippen MR) is 121 cm³/mol. The van der Waals surface area contributed by atoms with Crippen molar-refractivity contribution in [1.82, 2.24) is 9.88 Å². The van der Waals surface area contributed by atoms with Crippen LogP contribution in [0.1, 0.15) is 48.2 Å². The Bertz CT molecular complexity index is 1010. The highest BCUT2D eigenvalue weighted by molar-refractivity contribution is 6.34. The molecule has 6 heteroatoms. The van der Waals surface area contributed by atoms with Crippen LogP contribution in [0.25, 0.3) is 11.6 Å². The van der Waals surface area contributed by atoms with Crippen molar-refractivity contribution in [3.63, 3.8) is 0 Å². The summed E-state index contributed by atoms with van der Waals surface area (Å²) in [6.07, 6.45) is 6.61. The molecule has 30 heavy (non-hydrogen) atoms. The molecule has 0 atom stereocenters. The number of carbonyl (C=O) groups excluding carboxylic acids is 1. The third-order valence-electron chi connectivity index (χ3n) is 6.01. The van der Waals surface area contributed by atoms with Gasteiger partial charge in [-0.2, -0.15) is 0 Å². The Morgan fingerprint density at radius 1 is 1.27 bits per heavy atom. The fourth-order valence-electron chi connectivity index (χ4n) is 4.27. The second kappa shape index (κ2) is 8.48. The number of carbonyl (C=O) groups is 1. The molecule has 1 aromatic carbocycles. The van der Waals surface area contributed by atoms with Crippen LogP contribution in [0.4, 0.5) is 15.8 Å². The highest BCUT2D eigenvalue weighted by Crippen LogP contribution is 2.35. The number of fused-ring (bicyclic) bond motifs is 1. The summed E-state index contributed by atoms with van der Waals surface area (Å²) < 4.78 is 13.7. The lowest BCUT2D eigenvalue weighted by Gasteiger charge is -2.26. The standard InChI is InChI=1S/C24H29FN4O/c1-15(9-12-29-10-5-4-6-11-29)26-23-16(2)22(27-17(23)3)14-20-19-13-18(25)7-8-21(19)28-24(20)30/h7-8,13-14,26-27H,1,4-6,9-12H2,2-3H3,(H,28,30)/b20-14-. The number of nitrogens with one attached hydrogen (secondary N) is 3. The Hall–Kier alpha value is -2.86. The second-order valence-electron chi connectivity index (χ2n) is 8.25. The van der Waals surface area contributed by atoms with Gasteiger partial charge in [0.1, 0.15) is 5.82 Å². The normalized spacial score (nSPS) is 17.8. The lowest BCUT2D eigenvalue weighted by atomic mass is 10.0. The van der Waals surface area contributed by atoms with Crippen LogP contribution in [-0.4, -0.2) is 35.4 Å². The van der Waals surface area contributed by atoms with Crippen molar-refractivity contribution in [2.24, 2.45) is 0 Å². The van der Waals surface area contributed by atoms with Crippen LogP contribution >= 0.6 is 0 Å². The minimum Gasteiger partial charge on any atom is -0.358 e. The monoisotopic (exact) mass is 408 g/mol. The number of rotatable bonds is 6. The third kappa shape index (κ3) is 4.19. The van der Waals surface area contributed by atoms with E-state index in [1.165, 1.54) is 44.5 Å². The lowest BCUT2D eigenvalue weighted by molar-refractivity contribution is -0.110. The van der Waals surface area contributed by atoms with Crippen molar-refractivity contribution in [1.29, 1.82) is 0 Å². The van der Waals surface area contributed by atoms with Crippen molar-refractivity contribution >= 4 is 28.9 Å². The molecule has 1 amide bonds. The van der Waals surface area contributed by atoms with Crippen LogP contribution in [0.15, 0.2) is 30.5 Å². The maximum absolute atomic E-state index is 13.7. The average molecular weight is 409 g/mol. The fraction of sp³-hybridized carbons (Fsp3) is 0.375. The van der Waals surface area contributed by atoms with Gasteiger partial charge >= 0.3 is 0 Å². The molecule has 4 rings (SSSR count). The number of aromatic amines is 1. The number of aryl methyl sites for hydroxylation is 1. The van der Waals surface area contributed by atoms with Gasteiger partial charge in [0.05, 0.1) is 11.3 Å². The molecule has 3 N–H and O–H groups in total. The number of hydrogen-bond acceptors (Lipinski definition) is 3. The van der Waals surface area contributed by atoms with Gasteiger partial charge in [-0.05, 0) is 76.0 Å². The quantitative estimate of drug-likeness (QED) is 0.585. The van der Waals surface area contributed by atoms with E-state index in [2.05, 4.69) is 27.1 Å². The molecule has 0 radical (unpaired) electrons. The maximum Gasteiger partial charge on any atom is 0.256 e. The molecule has 2 aliphatic rings. The first-order valence-corrected chi connectivity index (χ1v) is 10.6. The first-order chi connectivity index (χ1) is 14.4. The summed E-state index contributed by atoms with van der Waals surface area (Å²) in [5.41, 5.74) is 6.49. The maximum atomic E-state index is 13.7. The number of nitrogens with zero attached hydrogens (tertiary/aromatic N) is 1. The smallest absolute Gasteiger partial charge is 0.256 e. The minimum atomic E-state index is -0.358. The van der Waals surface area contributed by atoms with Crippen LogP contribution in [0.5, 0.6) is 0 Å². The molecular weight excluding hydrogens is 379 g/mol. The van der Waals surface area contributed by atoms with Gasteiger partial charge in [-0.15, -0.1) is 0 Å². The number of likely N-dealkylation sites (tertiary alicyclic amines) is 1. The van der Waals surface area contributed by atoms with Crippen molar-refractivity contribution in [2.75, 3.05) is 30.3 Å². The number of benzene rings is 1. The van der Waals surface area contributed by atoms with Gasteiger partial charge in [0.2, 0.25) is 0 Å². The largest absolute Gasteiger partial charge is 0.358 e. The molecule has 0 unspecified atom stereocenters. The topological polar surface area (TPSA) is 60.2 Å². The summed E-state index contributed by atoms with van der Waals surface area (Å²) in [5, 5.41) is 6.25. The molecule has 1 aromatic heterocycles. The van der Waals surface area contributed by atoms with E-state index in [-0.39, 0.29) is 11.7 Å². The zero-order valence-electron chi connectivity index (χ0n) is 17.7. The Morgan fingerprint density at radius 2 is 2.03 bits per heavy atom. The average Bonchev–Trinajstić information content (AvgIpc) is 3.18. The van der Waals surface area contributed by atoms with E-state index in [1.54, 1.807) is 12.1 Å². The van der Waals surface area contributed by atoms with Gasteiger partial charge in [-0.25, -0.2) is 4.39 Å². The highest BCUT2D eigenvalue weighted by Gasteiger charge is 2.25. The summed E-state index contributed by atoms with van der Waals surface area (Å²) in [7, 11) is 0. The van der Waals surface area contributed by atoms with Crippen molar-refractivity contribution in [3.8, 4) is 0 Å². The first-order valence-electron chi connectivity index (χ1n) is 10.6. The number of aromatic nitrogens is 1. The van der Waals surface area contributed by atoms with E-state index >= 15 is 0 Å². The van der Waals surface area contributed by atoms with Crippen molar-refractivity contribution in [3.05, 3.63) is 58.8 Å². The van der Waals surface area contributed by atoms with E-state index < -0.39 is 0 Å². The molecule has 5 nitrogen and oxygen atoms in total. The Kier molecular flexibility index (Phi) is 5.77. The number of halogens is 1. The van der Waals surface area contributed by atoms with Gasteiger partial charge < -0.3 is 20.5 Å². The van der Waals surface area contributed by atoms with Crippen LogP contribution < -0.4 is 10.6 Å². The number of piperidine rings is 1. The molecule has 2 aliphatic heterocycles. The minimum absolute atomic E-state index is 0.220. The summed E-state index contributed by atoms with van der Waals surface area (Å²) in [4.78, 5) is 18.3. The molecular formula is C24H29FN4O. The lowest BCUT2D eigenvalue weighted by Crippen LogP contribution is -2.31. The first kappa shape index (κ1) is 20.4. The molecule has 3 heterocycles. The predicted octanol–water partition coefficient (Wildman–Crippen LogP) is 5.06. The molecule has 2 aromatic rings. The SMILES string of the molecule is C=C(CCN1CCCCC1)Nc1c(C)[nH]c(/C=C2\C(=O)Nc3ccc(F)cc32)c1C. The molecule has 0 bridgehead atoms. The van der Waals surface area contributed by atoms with Gasteiger partial charge in [-0.3, -0.25) is 4.79 Å². The molecule has 1 fully saturated rings. The van der Waals surface area contributed by atoms with Gasteiger partial charge in [0, 0.05) is 34.9 Å². The van der Waals surface area contributed by atoms with Crippen LogP contribution in [-0.2, 0) is 4.79 Å². The molecule has 0 aliphatic carbocycles. The zero-order chi connectivity index (χ0) is 21.3. The zero-order valence-corrected chi connectivity index (χ0v) is 17.7. The Morgan fingerprint density at radius 3 is 2.80 bits per heavy atom. The van der Waals surface area contributed by atoms with E-state index in [0.717, 1.165) is 41.3 Å². The number of hydrogen-bond donors (Lipinski definition) is 3. The number of anilines is 2. The van der Waals surface area contributed by atoms with E-state index in [1.807, 2.05) is 13.8 Å². The summed E-state index contributed by atoms with van der Waals surface area (Å²) in [6.45, 7) is 11.6.